The second-order valence-corrected chi connectivity index (χ2v) is 8.98. The van der Waals surface area contributed by atoms with Crippen LogP contribution >= 0.6 is 0 Å². The van der Waals surface area contributed by atoms with Crippen LogP contribution in [0.25, 0.3) is 0 Å². The number of aliphatic hydroxyl groups excluding tert-OH is 1. The second-order valence-electron chi connectivity index (χ2n) is 8.98. The molecule has 4 aliphatic rings. The topological polar surface area (TPSA) is 60.9 Å². The van der Waals surface area contributed by atoms with Crippen molar-refractivity contribution < 1.29 is 14.7 Å². The molecular weight excluding hydrogens is 340 g/mol. The third-order valence-electron chi connectivity index (χ3n) is 7.25. The summed E-state index contributed by atoms with van der Waals surface area (Å²) in [5, 5.41) is 10.1. The van der Waals surface area contributed by atoms with Crippen molar-refractivity contribution in [3.63, 3.8) is 0 Å². The van der Waals surface area contributed by atoms with Crippen LogP contribution in [0.3, 0.4) is 0 Å². The molecule has 2 atom stereocenters. The lowest BCUT2D eigenvalue weighted by Gasteiger charge is -2.70. The van der Waals surface area contributed by atoms with Crippen molar-refractivity contribution in [2.24, 2.45) is 11.8 Å². The monoisotopic (exact) mass is 368 g/mol. The molecule has 1 N–H and O–H groups in total. The Morgan fingerprint density at radius 2 is 1.78 bits per heavy atom. The molecule has 1 aromatic rings. The van der Waals surface area contributed by atoms with Crippen molar-refractivity contribution in [1.82, 2.24) is 9.80 Å². The average molecular weight is 368 g/mol. The van der Waals surface area contributed by atoms with E-state index in [1.54, 1.807) is 0 Å². The summed E-state index contributed by atoms with van der Waals surface area (Å²) in [7, 11) is 0. The largest absolute Gasteiger partial charge is 0.394 e. The molecule has 0 radical (unpaired) electrons. The molecule has 5 heteroatoms. The number of carbonyl (C=O) groups excluding carboxylic acids is 2. The van der Waals surface area contributed by atoms with E-state index in [2.05, 4.69) is 12.1 Å². The van der Waals surface area contributed by atoms with Gasteiger partial charge in [0, 0.05) is 31.3 Å². The first-order chi connectivity index (χ1) is 13.1. The van der Waals surface area contributed by atoms with Gasteiger partial charge in [-0.2, -0.15) is 0 Å². The Morgan fingerprint density at radius 1 is 1.07 bits per heavy atom. The van der Waals surface area contributed by atoms with E-state index < -0.39 is 0 Å². The van der Waals surface area contributed by atoms with Crippen LogP contribution in [0.15, 0.2) is 30.3 Å². The van der Waals surface area contributed by atoms with E-state index in [4.69, 9.17) is 0 Å². The first-order valence-corrected chi connectivity index (χ1v) is 10.4. The minimum absolute atomic E-state index is 0.0196. The van der Waals surface area contributed by atoms with Crippen molar-refractivity contribution >= 4 is 11.8 Å². The second kappa shape index (κ2) is 6.33. The maximum absolute atomic E-state index is 13.0. The molecule has 1 spiro atoms. The highest BCUT2D eigenvalue weighted by molar-refractivity contribution is 5.84. The van der Waals surface area contributed by atoms with E-state index in [1.165, 1.54) is 5.56 Å². The summed E-state index contributed by atoms with van der Waals surface area (Å²) >= 11 is 0. The Kier molecular flexibility index (Phi) is 4.04. The molecule has 1 aromatic carbocycles. The van der Waals surface area contributed by atoms with Crippen molar-refractivity contribution in [2.45, 2.75) is 56.0 Å². The molecular formula is C22H28N2O3. The summed E-state index contributed by atoms with van der Waals surface area (Å²) < 4.78 is 0. The lowest BCUT2D eigenvalue weighted by atomic mass is 9.60. The zero-order valence-corrected chi connectivity index (χ0v) is 15.7. The fourth-order valence-electron chi connectivity index (χ4n) is 5.42. The van der Waals surface area contributed by atoms with Crippen LogP contribution in [0.1, 0.15) is 50.0 Å². The Bertz CT molecular complexity index is 735. The van der Waals surface area contributed by atoms with Gasteiger partial charge in [-0.1, -0.05) is 36.8 Å². The van der Waals surface area contributed by atoms with Crippen LogP contribution in [0.4, 0.5) is 0 Å². The Morgan fingerprint density at radius 3 is 2.33 bits per heavy atom. The van der Waals surface area contributed by atoms with E-state index in [-0.39, 0.29) is 41.8 Å². The highest BCUT2D eigenvalue weighted by atomic mass is 16.3. The quantitative estimate of drug-likeness (QED) is 0.866. The summed E-state index contributed by atoms with van der Waals surface area (Å²) in [6.45, 7) is 1.22. The van der Waals surface area contributed by atoms with Crippen LogP contribution < -0.4 is 0 Å². The smallest absolute Gasteiger partial charge is 0.225 e. The van der Waals surface area contributed by atoms with Crippen molar-refractivity contribution in [3.05, 3.63) is 35.9 Å². The van der Waals surface area contributed by atoms with Crippen molar-refractivity contribution in [1.29, 1.82) is 0 Å². The molecule has 2 heterocycles. The van der Waals surface area contributed by atoms with Gasteiger partial charge in [-0.3, -0.25) is 9.59 Å². The number of nitrogens with zero attached hydrogens (tertiary/aromatic N) is 2. The van der Waals surface area contributed by atoms with Gasteiger partial charge in [-0.15, -0.1) is 0 Å². The molecule has 5 rings (SSSR count). The summed E-state index contributed by atoms with van der Waals surface area (Å²) in [4.78, 5) is 29.6. The predicted molar refractivity (Wildman–Crippen MR) is 101 cm³/mol. The molecule has 2 aliphatic heterocycles. The Labute approximate surface area is 160 Å². The fraction of sp³-hybridized carbons (Fsp3) is 0.636. The van der Waals surface area contributed by atoms with Crippen LogP contribution in [-0.2, 0) is 9.59 Å². The minimum atomic E-state index is -0.319. The van der Waals surface area contributed by atoms with Gasteiger partial charge in [0.05, 0.1) is 18.2 Å². The third-order valence-corrected chi connectivity index (χ3v) is 7.25. The number of rotatable bonds is 5. The number of aliphatic hydroxyl groups is 1. The Hall–Kier alpha value is -1.88. The highest BCUT2D eigenvalue weighted by Gasteiger charge is 2.68. The highest BCUT2D eigenvalue weighted by Crippen LogP contribution is 2.55. The molecule has 2 saturated carbocycles. The minimum Gasteiger partial charge on any atom is -0.394 e. The lowest BCUT2D eigenvalue weighted by Crippen LogP contribution is -2.86. The van der Waals surface area contributed by atoms with E-state index in [0.717, 1.165) is 32.1 Å². The van der Waals surface area contributed by atoms with Gasteiger partial charge in [-0.05, 0) is 37.2 Å². The lowest BCUT2D eigenvalue weighted by molar-refractivity contribution is -0.205. The molecule has 0 bridgehead atoms. The summed E-state index contributed by atoms with van der Waals surface area (Å²) in [5.74, 6) is 1.26. The molecule has 2 aliphatic carbocycles. The standard InChI is InChI=1S/C22H28N2O3/c25-12-18-20(16-5-2-1-3-6-16)22(24(18)19(26)11-15-9-10-15)13-23(14-22)21(27)17-7-4-8-17/h1-3,5-6,15,17-18,20,25H,4,7-14H2/t18-,20+/m1/s1. The van der Waals surface area contributed by atoms with Crippen LogP contribution in [0, 0.1) is 11.8 Å². The van der Waals surface area contributed by atoms with Crippen molar-refractivity contribution in [2.75, 3.05) is 19.7 Å². The molecule has 2 saturated heterocycles. The number of hydrogen-bond acceptors (Lipinski definition) is 3. The van der Waals surface area contributed by atoms with E-state index >= 15 is 0 Å². The van der Waals surface area contributed by atoms with Crippen LogP contribution in [0.2, 0.25) is 0 Å². The van der Waals surface area contributed by atoms with Gasteiger partial charge >= 0.3 is 0 Å². The average Bonchev–Trinajstić information content (AvgIpc) is 3.36. The summed E-state index contributed by atoms with van der Waals surface area (Å²) in [5.41, 5.74) is 0.850. The van der Waals surface area contributed by atoms with Gasteiger partial charge in [0.1, 0.15) is 0 Å². The maximum atomic E-state index is 13.0. The molecule has 5 nitrogen and oxygen atoms in total. The molecule has 0 unspecified atom stereocenters. The number of likely N-dealkylation sites (tertiary alicyclic amines) is 2. The molecule has 4 fully saturated rings. The molecule has 0 aromatic heterocycles. The maximum Gasteiger partial charge on any atom is 0.225 e. The SMILES string of the molecule is O=C(C1CCC1)N1CC2(C1)[C@@H](c1ccccc1)[C@@H](CO)N2C(=O)CC1CC1. The summed E-state index contributed by atoms with van der Waals surface area (Å²) in [6, 6.07) is 10.0. The number of hydrogen-bond donors (Lipinski definition) is 1. The van der Waals surface area contributed by atoms with Gasteiger partial charge < -0.3 is 14.9 Å². The van der Waals surface area contributed by atoms with Crippen molar-refractivity contribution in [3.8, 4) is 0 Å². The molecule has 144 valence electrons. The number of benzene rings is 1. The fourth-order valence-corrected chi connectivity index (χ4v) is 5.42. The number of amides is 2. The summed E-state index contributed by atoms with van der Waals surface area (Å²) in [6.07, 6.45) is 6.05. The zero-order chi connectivity index (χ0) is 18.6. The zero-order valence-electron chi connectivity index (χ0n) is 15.7. The molecule has 2 amide bonds. The first kappa shape index (κ1) is 17.2. The van der Waals surface area contributed by atoms with Gasteiger partial charge in [0.15, 0.2) is 0 Å². The Balaban J connectivity index is 1.40. The van der Waals surface area contributed by atoms with Crippen LogP contribution in [0.5, 0.6) is 0 Å². The normalized spacial score (nSPS) is 29.1. The van der Waals surface area contributed by atoms with E-state index in [9.17, 15) is 14.7 Å². The molecule has 27 heavy (non-hydrogen) atoms. The van der Waals surface area contributed by atoms with E-state index in [1.807, 2.05) is 28.0 Å². The predicted octanol–water partition coefficient (Wildman–Crippen LogP) is 2.15. The van der Waals surface area contributed by atoms with Gasteiger partial charge in [0.2, 0.25) is 11.8 Å². The van der Waals surface area contributed by atoms with E-state index in [0.29, 0.717) is 25.4 Å². The van der Waals surface area contributed by atoms with Gasteiger partial charge in [0.25, 0.3) is 0 Å². The van der Waals surface area contributed by atoms with Gasteiger partial charge in [-0.25, -0.2) is 0 Å². The number of carbonyl (C=O) groups is 2. The first-order valence-electron chi connectivity index (χ1n) is 10.4. The van der Waals surface area contributed by atoms with Crippen LogP contribution in [-0.4, -0.2) is 58.0 Å². The third kappa shape index (κ3) is 2.62.